The van der Waals surface area contributed by atoms with E-state index in [1.165, 1.54) is 0 Å². The van der Waals surface area contributed by atoms with E-state index in [0.29, 0.717) is 5.75 Å². The standard InChI is InChI=1S/C13H10O3/c1-9(13(14)15)16-12-7-6-10-4-2-3-5-11(10)8-12/h2-8H,1H2,(H,14,15). The summed E-state index contributed by atoms with van der Waals surface area (Å²) in [5, 5.41) is 10.7. The maximum absolute atomic E-state index is 10.5. The fourth-order valence-corrected chi connectivity index (χ4v) is 1.42. The predicted molar refractivity (Wildman–Crippen MR) is 61.4 cm³/mol. The Hall–Kier alpha value is -2.29. The van der Waals surface area contributed by atoms with Gasteiger partial charge in [0.05, 0.1) is 0 Å². The van der Waals surface area contributed by atoms with Crippen molar-refractivity contribution in [3.63, 3.8) is 0 Å². The lowest BCUT2D eigenvalue weighted by molar-refractivity contribution is -0.135. The van der Waals surface area contributed by atoms with Crippen molar-refractivity contribution < 1.29 is 14.6 Å². The molecule has 1 N–H and O–H groups in total. The number of aliphatic carboxylic acids is 1. The third-order valence-corrected chi connectivity index (χ3v) is 2.20. The average Bonchev–Trinajstić information content (AvgIpc) is 2.28. The van der Waals surface area contributed by atoms with Crippen molar-refractivity contribution in [1.29, 1.82) is 0 Å². The first-order chi connectivity index (χ1) is 7.66. The summed E-state index contributed by atoms with van der Waals surface area (Å²) in [6.45, 7) is 3.31. The van der Waals surface area contributed by atoms with Crippen molar-refractivity contribution in [2.75, 3.05) is 0 Å². The first-order valence-electron chi connectivity index (χ1n) is 4.75. The smallest absolute Gasteiger partial charge is 0.371 e. The van der Waals surface area contributed by atoms with E-state index < -0.39 is 5.97 Å². The van der Waals surface area contributed by atoms with E-state index in [4.69, 9.17) is 9.84 Å². The third-order valence-electron chi connectivity index (χ3n) is 2.20. The predicted octanol–water partition coefficient (Wildman–Crippen LogP) is 2.82. The molecular weight excluding hydrogens is 204 g/mol. The Morgan fingerprint density at radius 1 is 1.12 bits per heavy atom. The van der Waals surface area contributed by atoms with Crippen LogP contribution >= 0.6 is 0 Å². The Labute approximate surface area is 92.6 Å². The number of hydrogen-bond donors (Lipinski definition) is 1. The second-order valence-electron chi connectivity index (χ2n) is 3.34. The van der Waals surface area contributed by atoms with Gasteiger partial charge in [-0.3, -0.25) is 0 Å². The van der Waals surface area contributed by atoms with Crippen LogP contribution in [0.1, 0.15) is 0 Å². The van der Waals surface area contributed by atoms with Gasteiger partial charge in [0.25, 0.3) is 0 Å². The molecule has 0 unspecified atom stereocenters. The molecule has 0 saturated carbocycles. The fourth-order valence-electron chi connectivity index (χ4n) is 1.42. The molecule has 2 aromatic carbocycles. The molecule has 0 heterocycles. The minimum atomic E-state index is -1.16. The Morgan fingerprint density at radius 2 is 1.81 bits per heavy atom. The number of hydrogen-bond acceptors (Lipinski definition) is 2. The second-order valence-corrected chi connectivity index (χ2v) is 3.34. The van der Waals surface area contributed by atoms with Gasteiger partial charge in [-0.15, -0.1) is 0 Å². The van der Waals surface area contributed by atoms with Crippen LogP contribution in [0.25, 0.3) is 10.8 Å². The molecule has 0 spiro atoms. The first kappa shape index (κ1) is 10.2. The molecule has 0 saturated heterocycles. The van der Waals surface area contributed by atoms with Crippen LogP contribution in [-0.2, 0) is 4.79 Å². The van der Waals surface area contributed by atoms with Crippen LogP contribution in [0.2, 0.25) is 0 Å². The lowest BCUT2D eigenvalue weighted by Crippen LogP contribution is -2.05. The zero-order valence-electron chi connectivity index (χ0n) is 8.51. The number of fused-ring (bicyclic) bond motifs is 1. The molecule has 0 aliphatic carbocycles. The van der Waals surface area contributed by atoms with E-state index in [2.05, 4.69) is 6.58 Å². The van der Waals surface area contributed by atoms with E-state index in [1.807, 2.05) is 30.3 Å². The Balaban J connectivity index is 2.33. The van der Waals surface area contributed by atoms with E-state index in [-0.39, 0.29) is 5.76 Å². The monoisotopic (exact) mass is 214 g/mol. The number of benzene rings is 2. The van der Waals surface area contributed by atoms with Crippen molar-refractivity contribution in [1.82, 2.24) is 0 Å². The van der Waals surface area contributed by atoms with E-state index in [1.54, 1.807) is 12.1 Å². The molecule has 2 rings (SSSR count). The molecule has 3 nitrogen and oxygen atoms in total. The van der Waals surface area contributed by atoms with E-state index >= 15 is 0 Å². The molecule has 0 radical (unpaired) electrons. The number of carboxylic acids is 1. The topological polar surface area (TPSA) is 46.5 Å². The molecule has 0 atom stereocenters. The van der Waals surface area contributed by atoms with Gasteiger partial charge in [0.2, 0.25) is 5.76 Å². The normalized spacial score (nSPS) is 10.0. The zero-order chi connectivity index (χ0) is 11.5. The largest absolute Gasteiger partial charge is 0.475 e. The van der Waals surface area contributed by atoms with Gasteiger partial charge in [-0.25, -0.2) is 4.79 Å². The summed E-state index contributed by atoms with van der Waals surface area (Å²) in [4.78, 5) is 10.5. The summed E-state index contributed by atoms with van der Waals surface area (Å²) in [5.41, 5.74) is 0. The summed E-state index contributed by atoms with van der Waals surface area (Å²) in [6.07, 6.45) is 0. The Morgan fingerprint density at radius 3 is 2.50 bits per heavy atom. The van der Waals surface area contributed by atoms with Gasteiger partial charge in [0, 0.05) is 0 Å². The van der Waals surface area contributed by atoms with Crippen LogP contribution in [0.5, 0.6) is 5.75 Å². The lowest BCUT2D eigenvalue weighted by atomic mass is 10.1. The molecule has 0 aromatic heterocycles. The summed E-state index contributed by atoms with van der Waals surface area (Å²) in [6, 6.07) is 13.1. The number of rotatable bonds is 3. The van der Waals surface area contributed by atoms with Gasteiger partial charge in [-0.2, -0.15) is 0 Å². The highest BCUT2D eigenvalue weighted by molar-refractivity contribution is 5.86. The second kappa shape index (κ2) is 4.06. The number of ether oxygens (including phenoxy) is 1. The van der Waals surface area contributed by atoms with E-state index in [0.717, 1.165) is 10.8 Å². The van der Waals surface area contributed by atoms with Gasteiger partial charge in [0.15, 0.2) is 0 Å². The van der Waals surface area contributed by atoms with Gasteiger partial charge < -0.3 is 9.84 Å². The summed E-state index contributed by atoms with van der Waals surface area (Å²) >= 11 is 0. The fraction of sp³-hybridized carbons (Fsp3) is 0. The SMILES string of the molecule is C=C(Oc1ccc2ccccc2c1)C(=O)O. The minimum Gasteiger partial charge on any atom is -0.475 e. The highest BCUT2D eigenvalue weighted by Crippen LogP contribution is 2.21. The van der Waals surface area contributed by atoms with Crippen molar-refractivity contribution in [2.24, 2.45) is 0 Å². The molecule has 0 fully saturated rings. The van der Waals surface area contributed by atoms with Crippen molar-refractivity contribution in [3.8, 4) is 5.75 Å². The van der Waals surface area contributed by atoms with Crippen LogP contribution in [0.15, 0.2) is 54.8 Å². The maximum atomic E-state index is 10.5. The Bertz CT molecular complexity index is 558. The summed E-state index contributed by atoms with van der Waals surface area (Å²) in [5.74, 6) is -0.963. The number of carbonyl (C=O) groups is 1. The molecule has 0 aliphatic heterocycles. The number of carboxylic acid groups (broad SMARTS) is 1. The minimum absolute atomic E-state index is 0.282. The van der Waals surface area contributed by atoms with E-state index in [9.17, 15) is 4.79 Å². The molecular formula is C13H10O3. The van der Waals surface area contributed by atoms with Gasteiger partial charge in [0.1, 0.15) is 5.75 Å². The average molecular weight is 214 g/mol. The third kappa shape index (κ3) is 2.03. The lowest BCUT2D eigenvalue weighted by Gasteiger charge is -2.05. The quantitative estimate of drug-likeness (QED) is 0.631. The molecule has 0 aliphatic rings. The molecule has 16 heavy (non-hydrogen) atoms. The van der Waals surface area contributed by atoms with Gasteiger partial charge in [-0.1, -0.05) is 30.3 Å². The molecule has 0 amide bonds. The van der Waals surface area contributed by atoms with Crippen molar-refractivity contribution in [2.45, 2.75) is 0 Å². The van der Waals surface area contributed by atoms with Gasteiger partial charge in [-0.05, 0) is 29.5 Å². The van der Waals surface area contributed by atoms with Crippen LogP contribution in [-0.4, -0.2) is 11.1 Å². The maximum Gasteiger partial charge on any atom is 0.371 e. The zero-order valence-corrected chi connectivity index (χ0v) is 8.51. The van der Waals surface area contributed by atoms with Crippen LogP contribution in [0.4, 0.5) is 0 Å². The molecule has 2 aromatic rings. The van der Waals surface area contributed by atoms with Crippen molar-refractivity contribution in [3.05, 3.63) is 54.8 Å². The Kier molecular flexibility index (Phi) is 2.60. The summed E-state index contributed by atoms with van der Waals surface area (Å²) in [7, 11) is 0. The van der Waals surface area contributed by atoms with Gasteiger partial charge >= 0.3 is 5.97 Å². The van der Waals surface area contributed by atoms with Crippen LogP contribution < -0.4 is 4.74 Å². The van der Waals surface area contributed by atoms with Crippen LogP contribution in [0.3, 0.4) is 0 Å². The van der Waals surface area contributed by atoms with Crippen molar-refractivity contribution >= 4 is 16.7 Å². The first-order valence-corrected chi connectivity index (χ1v) is 4.75. The molecule has 0 bridgehead atoms. The van der Waals surface area contributed by atoms with Crippen LogP contribution in [0, 0.1) is 0 Å². The highest BCUT2D eigenvalue weighted by atomic mass is 16.5. The molecule has 80 valence electrons. The molecule has 3 heteroatoms. The highest BCUT2D eigenvalue weighted by Gasteiger charge is 2.06. The summed E-state index contributed by atoms with van der Waals surface area (Å²) < 4.78 is 5.09.